The molecule has 7 nitrogen and oxygen atoms in total. The van der Waals surface area contributed by atoms with Gasteiger partial charge in [0.2, 0.25) is 10.0 Å². The van der Waals surface area contributed by atoms with Crippen molar-refractivity contribution in [1.82, 2.24) is 4.31 Å². The van der Waals surface area contributed by atoms with Gasteiger partial charge in [-0.15, -0.1) is 0 Å². The Bertz CT molecular complexity index is 789. The third-order valence-corrected chi connectivity index (χ3v) is 7.95. The van der Waals surface area contributed by atoms with Crippen molar-refractivity contribution in [3.63, 3.8) is 0 Å². The third-order valence-electron chi connectivity index (χ3n) is 4.23. The fourth-order valence-corrected chi connectivity index (χ4v) is 6.49. The van der Waals surface area contributed by atoms with Crippen LogP contribution in [0.3, 0.4) is 0 Å². The zero-order valence-electron chi connectivity index (χ0n) is 13.9. The summed E-state index contributed by atoms with van der Waals surface area (Å²) in [5.74, 6) is -1.04. The second-order valence-corrected chi connectivity index (χ2v) is 10.3. The largest absolute Gasteiger partial charge is 0.481 e. The highest BCUT2D eigenvalue weighted by molar-refractivity contribution is 7.92. The van der Waals surface area contributed by atoms with Crippen LogP contribution in [0.25, 0.3) is 0 Å². The van der Waals surface area contributed by atoms with Crippen LogP contribution in [0.2, 0.25) is 0 Å². The summed E-state index contributed by atoms with van der Waals surface area (Å²) in [6.07, 6.45) is 1.88. The Morgan fingerprint density at radius 2 is 1.84 bits per heavy atom. The van der Waals surface area contributed by atoms with Crippen LogP contribution in [-0.4, -0.2) is 56.3 Å². The van der Waals surface area contributed by atoms with Gasteiger partial charge in [-0.05, 0) is 31.4 Å². The first-order valence-electron chi connectivity index (χ1n) is 8.21. The lowest BCUT2D eigenvalue weighted by atomic mass is 10.2. The van der Waals surface area contributed by atoms with Crippen LogP contribution < -0.4 is 0 Å². The summed E-state index contributed by atoms with van der Waals surface area (Å²) in [6, 6.07) is 7.41. The molecular formula is C16H23NO6S2. The SMILES string of the molecule is O=C(O)CCCCCN([C@H]1CCS(=O)(=O)C1)S(=O)(=O)c1ccccc1. The van der Waals surface area contributed by atoms with E-state index in [4.69, 9.17) is 5.11 Å². The number of sulfonamides is 1. The average Bonchev–Trinajstić information content (AvgIpc) is 2.90. The van der Waals surface area contributed by atoms with E-state index in [9.17, 15) is 21.6 Å². The molecule has 0 unspecified atom stereocenters. The number of rotatable bonds is 9. The molecule has 1 heterocycles. The van der Waals surface area contributed by atoms with Gasteiger partial charge >= 0.3 is 5.97 Å². The van der Waals surface area contributed by atoms with Crippen molar-refractivity contribution in [2.75, 3.05) is 18.1 Å². The van der Waals surface area contributed by atoms with Gasteiger partial charge in [-0.3, -0.25) is 4.79 Å². The van der Waals surface area contributed by atoms with Gasteiger partial charge in [-0.2, -0.15) is 4.31 Å². The van der Waals surface area contributed by atoms with Crippen LogP contribution in [0.4, 0.5) is 0 Å². The van der Waals surface area contributed by atoms with E-state index in [0.29, 0.717) is 25.7 Å². The number of aliphatic carboxylic acids is 1. The van der Waals surface area contributed by atoms with Crippen LogP contribution in [0.1, 0.15) is 32.1 Å². The predicted molar refractivity (Wildman–Crippen MR) is 93.5 cm³/mol. The maximum Gasteiger partial charge on any atom is 0.303 e. The normalized spacial score (nSPS) is 20.0. The highest BCUT2D eigenvalue weighted by Gasteiger charge is 2.38. The van der Waals surface area contributed by atoms with Crippen molar-refractivity contribution in [3.05, 3.63) is 30.3 Å². The van der Waals surface area contributed by atoms with Crippen LogP contribution in [0.15, 0.2) is 35.2 Å². The Morgan fingerprint density at radius 1 is 1.16 bits per heavy atom. The van der Waals surface area contributed by atoms with Crippen LogP contribution >= 0.6 is 0 Å². The average molecular weight is 389 g/mol. The fourth-order valence-electron chi connectivity index (χ4n) is 2.95. The standard InChI is InChI=1S/C16H23NO6S2/c18-16(19)9-5-2-6-11-17(14-10-12-24(20,21)13-14)25(22,23)15-7-3-1-4-8-15/h1,3-4,7-8,14H,2,5-6,9-13H2,(H,18,19)/t14-/m0/s1. The van der Waals surface area contributed by atoms with E-state index >= 15 is 0 Å². The van der Waals surface area contributed by atoms with Gasteiger partial charge in [-0.25, -0.2) is 16.8 Å². The van der Waals surface area contributed by atoms with Gasteiger partial charge in [-0.1, -0.05) is 24.6 Å². The molecule has 0 bridgehead atoms. The molecule has 1 N–H and O–H groups in total. The second kappa shape index (κ2) is 8.29. The number of hydrogen-bond acceptors (Lipinski definition) is 5. The van der Waals surface area contributed by atoms with E-state index in [-0.39, 0.29) is 29.4 Å². The molecule has 9 heteroatoms. The summed E-state index contributed by atoms with van der Waals surface area (Å²) in [7, 11) is -7.00. The van der Waals surface area contributed by atoms with Crippen molar-refractivity contribution >= 4 is 25.8 Å². The molecule has 0 radical (unpaired) electrons. The zero-order chi connectivity index (χ0) is 18.5. The monoisotopic (exact) mass is 389 g/mol. The molecule has 1 aromatic carbocycles. The molecule has 1 atom stereocenters. The molecule has 1 aliphatic rings. The molecule has 140 valence electrons. The molecule has 1 aliphatic heterocycles. The van der Waals surface area contributed by atoms with Gasteiger partial charge < -0.3 is 5.11 Å². The Kier molecular flexibility index (Phi) is 6.59. The van der Waals surface area contributed by atoms with Gasteiger partial charge in [0.1, 0.15) is 0 Å². The number of carbonyl (C=O) groups is 1. The molecule has 0 saturated carbocycles. The number of carboxylic acid groups (broad SMARTS) is 1. The minimum atomic E-state index is -3.79. The summed E-state index contributed by atoms with van der Waals surface area (Å²) in [5, 5.41) is 8.66. The Balaban J connectivity index is 2.13. The second-order valence-electron chi connectivity index (χ2n) is 6.19. The van der Waals surface area contributed by atoms with Crippen molar-refractivity contribution < 1.29 is 26.7 Å². The summed E-state index contributed by atoms with van der Waals surface area (Å²) in [6.45, 7) is 0.192. The number of unbranched alkanes of at least 4 members (excludes halogenated alkanes) is 2. The Morgan fingerprint density at radius 3 is 2.40 bits per heavy atom. The smallest absolute Gasteiger partial charge is 0.303 e. The van der Waals surface area contributed by atoms with E-state index in [1.165, 1.54) is 16.4 Å². The molecule has 2 rings (SSSR count). The molecule has 0 aliphatic carbocycles. The van der Waals surface area contributed by atoms with Crippen molar-refractivity contribution in [2.45, 2.75) is 43.0 Å². The highest BCUT2D eigenvalue weighted by Crippen LogP contribution is 2.25. The summed E-state index contributed by atoms with van der Waals surface area (Å²) in [4.78, 5) is 10.7. The molecule has 0 aromatic heterocycles. The Labute approximate surface area is 148 Å². The number of sulfone groups is 1. The van der Waals surface area contributed by atoms with E-state index in [1.54, 1.807) is 18.2 Å². The third kappa shape index (κ3) is 5.52. The van der Waals surface area contributed by atoms with Gasteiger partial charge in [0.25, 0.3) is 0 Å². The first-order chi connectivity index (χ1) is 11.7. The molecule has 25 heavy (non-hydrogen) atoms. The lowest BCUT2D eigenvalue weighted by molar-refractivity contribution is -0.137. The van der Waals surface area contributed by atoms with Gasteiger partial charge in [0.05, 0.1) is 16.4 Å². The van der Waals surface area contributed by atoms with E-state index in [2.05, 4.69) is 0 Å². The summed E-state index contributed by atoms with van der Waals surface area (Å²) in [5.41, 5.74) is 0. The summed E-state index contributed by atoms with van der Waals surface area (Å²) < 4.78 is 50.7. The number of hydrogen-bond donors (Lipinski definition) is 1. The van der Waals surface area contributed by atoms with Crippen molar-refractivity contribution in [3.8, 4) is 0 Å². The van der Waals surface area contributed by atoms with E-state index in [0.717, 1.165) is 0 Å². The topological polar surface area (TPSA) is 109 Å². The molecule has 1 fully saturated rings. The van der Waals surface area contributed by atoms with Crippen LogP contribution in [0.5, 0.6) is 0 Å². The minimum Gasteiger partial charge on any atom is -0.481 e. The first-order valence-corrected chi connectivity index (χ1v) is 11.5. The quantitative estimate of drug-likeness (QED) is 0.641. The van der Waals surface area contributed by atoms with Crippen molar-refractivity contribution in [2.24, 2.45) is 0 Å². The van der Waals surface area contributed by atoms with Crippen LogP contribution in [0, 0.1) is 0 Å². The molecule has 1 aromatic rings. The number of carboxylic acids is 1. The maximum absolute atomic E-state index is 12.9. The zero-order valence-corrected chi connectivity index (χ0v) is 15.5. The lowest BCUT2D eigenvalue weighted by Crippen LogP contribution is -2.41. The molecule has 0 spiro atoms. The Hall–Kier alpha value is -1.45. The number of benzene rings is 1. The molecule has 1 saturated heterocycles. The summed E-state index contributed by atoms with van der Waals surface area (Å²) >= 11 is 0. The number of nitrogens with zero attached hydrogens (tertiary/aromatic N) is 1. The van der Waals surface area contributed by atoms with Crippen LogP contribution in [-0.2, 0) is 24.7 Å². The molecule has 0 amide bonds. The maximum atomic E-state index is 12.9. The van der Waals surface area contributed by atoms with E-state index < -0.39 is 31.9 Å². The van der Waals surface area contributed by atoms with Crippen molar-refractivity contribution in [1.29, 1.82) is 0 Å². The lowest BCUT2D eigenvalue weighted by Gasteiger charge is -2.27. The van der Waals surface area contributed by atoms with Gasteiger partial charge in [0.15, 0.2) is 9.84 Å². The first kappa shape index (κ1) is 19.9. The van der Waals surface area contributed by atoms with Gasteiger partial charge in [0, 0.05) is 19.0 Å². The highest BCUT2D eigenvalue weighted by atomic mass is 32.2. The minimum absolute atomic E-state index is 0.00249. The molecular weight excluding hydrogens is 366 g/mol. The predicted octanol–water partition coefficient (Wildman–Crippen LogP) is 1.51. The fraction of sp³-hybridized carbons (Fsp3) is 0.562. The van der Waals surface area contributed by atoms with E-state index in [1.807, 2.05) is 0 Å².